The highest BCUT2D eigenvalue weighted by molar-refractivity contribution is 8.00. The van der Waals surface area contributed by atoms with Crippen molar-refractivity contribution in [1.82, 2.24) is 15.4 Å². The molecule has 1 atom stereocenters. The molecule has 0 bridgehead atoms. The highest BCUT2D eigenvalue weighted by Crippen LogP contribution is 2.40. The summed E-state index contributed by atoms with van der Waals surface area (Å²) in [4.78, 5) is 23.3. The minimum Gasteiger partial charge on any atom is -0.463 e. The van der Waals surface area contributed by atoms with E-state index in [2.05, 4.69) is 27.4 Å². The number of rotatable bonds is 5. The van der Waals surface area contributed by atoms with E-state index in [1.54, 1.807) is 36.1 Å². The normalized spacial score (nSPS) is 16.9. The fourth-order valence-electron chi connectivity index (χ4n) is 3.05. The van der Waals surface area contributed by atoms with Crippen LogP contribution in [0.15, 0.2) is 39.3 Å². The summed E-state index contributed by atoms with van der Waals surface area (Å²) in [5.74, 6) is 1.39. The Morgan fingerprint density at radius 3 is 3.31 bits per heavy atom. The maximum atomic E-state index is 12.0. The highest BCUT2D eigenvalue weighted by Gasteiger charge is 2.23. The van der Waals surface area contributed by atoms with Crippen molar-refractivity contribution in [2.24, 2.45) is 11.0 Å². The van der Waals surface area contributed by atoms with Gasteiger partial charge in [-0.2, -0.15) is 5.10 Å². The number of nitrogens with zero attached hydrogens (tertiary/aromatic N) is 3. The molecule has 0 saturated carbocycles. The summed E-state index contributed by atoms with van der Waals surface area (Å²) in [5, 5.41) is 5.91. The van der Waals surface area contributed by atoms with Crippen LogP contribution in [0.1, 0.15) is 29.5 Å². The molecule has 0 aliphatic heterocycles. The molecule has 4 rings (SSSR count). The van der Waals surface area contributed by atoms with Crippen LogP contribution >= 0.6 is 23.1 Å². The van der Waals surface area contributed by atoms with Crippen LogP contribution in [-0.4, -0.2) is 27.8 Å². The van der Waals surface area contributed by atoms with Crippen LogP contribution in [0.4, 0.5) is 0 Å². The molecule has 0 unspecified atom stereocenters. The molecule has 1 aliphatic rings. The lowest BCUT2D eigenvalue weighted by molar-refractivity contribution is -0.118. The number of amides is 1. The van der Waals surface area contributed by atoms with Crippen LogP contribution < -0.4 is 5.43 Å². The Kier molecular flexibility index (Phi) is 5.03. The Balaban J connectivity index is 1.45. The number of carbonyl (C=O) groups excluding carboxylic acids is 1. The Morgan fingerprint density at radius 2 is 2.46 bits per heavy atom. The number of hydrogen-bond donors (Lipinski definition) is 1. The second-order valence-corrected chi connectivity index (χ2v) is 8.36. The molecule has 3 aromatic rings. The van der Waals surface area contributed by atoms with Gasteiger partial charge >= 0.3 is 0 Å². The van der Waals surface area contributed by atoms with E-state index >= 15 is 0 Å². The highest BCUT2D eigenvalue weighted by atomic mass is 32.2. The summed E-state index contributed by atoms with van der Waals surface area (Å²) in [5.41, 5.74) is 3.89. The second-order valence-electron chi connectivity index (χ2n) is 6.31. The quantitative estimate of drug-likeness (QED) is 0.313. The van der Waals surface area contributed by atoms with E-state index in [-0.39, 0.29) is 11.7 Å². The van der Waals surface area contributed by atoms with Gasteiger partial charge in [0.2, 0.25) is 5.91 Å². The van der Waals surface area contributed by atoms with E-state index in [0.29, 0.717) is 5.76 Å². The zero-order chi connectivity index (χ0) is 17.9. The number of fused-ring (bicyclic) bond motifs is 3. The van der Waals surface area contributed by atoms with Gasteiger partial charge in [-0.1, -0.05) is 18.7 Å². The zero-order valence-corrected chi connectivity index (χ0v) is 15.9. The fraction of sp³-hybridized carbons (Fsp3) is 0.333. The summed E-state index contributed by atoms with van der Waals surface area (Å²) in [6.45, 7) is 2.29. The minimum atomic E-state index is -0.178. The van der Waals surface area contributed by atoms with E-state index in [0.717, 1.165) is 34.0 Å². The molecule has 0 saturated heterocycles. The standard InChI is InChI=1S/C18H18N4O2S2/c1-11-4-5-13-14(7-11)26-18-16(13)17(19-10-20-18)25-9-15(23)22-21-8-12-3-2-6-24-12/h2-3,6,8,10-11H,4-5,7,9H2,1H3,(H,22,23)/b21-8-/t11-/m0/s1. The molecule has 26 heavy (non-hydrogen) atoms. The third-order valence-electron chi connectivity index (χ3n) is 4.32. The van der Waals surface area contributed by atoms with Crippen molar-refractivity contribution in [3.8, 4) is 0 Å². The first-order chi connectivity index (χ1) is 12.7. The van der Waals surface area contributed by atoms with Crippen LogP contribution in [0.5, 0.6) is 0 Å². The van der Waals surface area contributed by atoms with Crippen molar-refractivity contribution < 1.29 is 9.21 Å². The van der Waals surface area contributed by atoms with Gasteiger partial charge in [-0.15, -0.1) is 11.3 Å². The third-order valence-corrected chi connectivity index (χ3v) is 6.47. The van der Waals surface area contributed by atoms with Crippen molar-refractivity contribution in [2.45, 2.75) is 31.2 Å². The summed E-state index contributed by atoms with van der Waals surface area (Å²) in [6, 6.07) is 3.53. The van der Waals surface area contributed by atoms with Gasteiger partial charge in [-0.05, 0) is 42.9 Å². The molecular weight excluding hydrogens is 368 g/mol. The number of nitrogens with one attached hydrogen (secondary N) is 1. The summed E-state index contributed by atoms with van der Waals surface area (Å²) >= 11 is 3.20. The van der Waals surface area contributed by atoms with E-state index in [4.69, 9.17) is 4.42 Å². The van der Waals surface area contributed by atoms with Gasteiger partial charge < -0.3 is 4.42 Å². The zero-order valence-electron chi connectivity index (χ0n) is 14.3. The van der Waals surface area contributed by atoms with Crippen LogP contribution in [0.25, 0.3) is 10.2 Å². The van der Waals surface area contributed by atoms with E-state index in [1.807, 2.05) is 0 Å². The van der Waals surface area contributed by atoms with Gasteiger partial charge in [0.15, 0.2) is 0 Å². The lowest BCUT2D eigenvalue weighted by Crippen LogP contribution is -2.19. The SMILES string of the molecule is C[C@H]1CCc2c(sc3ncnc(SCC(=O)N/N=C\c4ccco4)c23)C1. The van der Waals surface area contributed by atoms with Crippen LogP contribution in [0, 0.1) is 5.92 Å². The van der Waals surface area contributed by atoms with Crippen molar-refractivity contribution in [1.29, 1.82) is 0 Å². The number of thioether (sulfide) groups is 1. The molecular formula is C18H18N4O2S2. The first-order valence-corrected chi connectivity index (χ1v) is 10.2. The van der Waals surface area contributed by atoms with Gasteiger partial charge in [0.1, 0.15) is 21.9 Å². The number of furan rings is 1. The molecule has 0 radical (unpaired) electrons. The van der Waals surface area contributed by atoms with Gasteiger partial charge in [0.25, 0.3) is 0 Å². The van der Waals surface area contributed by atoms with Gasteiger partial charge in [0, 0.05) is 10.3 Å². The number of thiophene rings is 1. The third kappa shape index (κ3) is 3.66. The van der Waals surface area contributed by atoms with Gasteiger partial charge in [0.05, 0.1) is 18.2 Å². The number of carbonyl (C=O) groups is 1. The van der Waals surface area contributed by atoms with E-state index < -0.39 is 0 Å². The summed E-state index contributed by atoms with van der Waals surface area (Å²) < 4.78 is 5.12. The molecule has 134 valence electrons. The average molecular weight is 387 g/mol. The first-order valence-electron chi connectivity index (χ1n) is 8.44. The van der Waals surface area contributed by atoms with Crippen molar-refractivity contribution in [3.63, 3.8) is 0 Å². The average Bonchev–Trinajstić information content (AvgIpc) is 3.26. The Labute approximate surface area is 159 Å². The Morgan fingerprint density at radius 1 is 1.54 bits per heavy atom. The molecule has 0 spiro atoms. The maximum Gasteiger partial charge on any atom is 0.250 e. The first kappa shape index (κ1) is 17.2. The van der Waals surface area contributed by atoms with Crippen LogP contribution in [-0.2, 0) is 17.6 Å². The minimum absolute atomic E-state index is 0.178. The van der Waals surface area contributed by atoms with Crippen molar-refractivity contribution >= 4 is 45.4 Å². The molecule has 3 heterocycles. The second kappa shape index (κ2) is 7.59. The van der Waals surface area contributed by atoms with Gasteiger partial charge in [-0.25, -0.2) is 15.4 Å². The van der Waals surface area contributed by atoms with Crippen molar-refractivity contribution in [2.75, 3.05) is 5.75 Å². The van der Waals surface area contributed by atoms with Crippen LogP contribution in [0.3, 0.4) is 0 Å². The number of aromatic nitrogens is 2. The van der Waals surface area contributed by atoms with Gasteiger partial charge in [-0.3, -0.25) is 4.79 Å². The molecule has 3 aromatic heterocycles. The topological polar surface area (TPSA) is 80.4 Å². The number of hydrogen-bond acceptors (Lipinski definition) is 7. The van der Waals surface area contributed by atoms with E-state index in [1.165, 1.54) is 34.8 Å². The smallest absolute Gasteiger partial charge is 0.250 e. The maximum absolute atomic E-state index is 12.0. The summed E-state index contributed by atoms with van der Waals surface area (Å²) in [6.07, 6.45) is 7.99. The molecule has 0 aromatic carbocycles. The Hall–Kier alpha value is -2.19. The Bertz CT molecular complexity index is 950. The van der Waals surface area contributed by atoms with E-state index in [9.17, 15) is 4.79 Å². The van der Waals surface area contributed by atoms with Crippen molar-refractivity contribution in [3.05, 3.63) is 40.9 Å². The predicted molar refractivity (Wildman–Crippen MR) is 104 cm³/mol. The lowest BCUT2D eigenvalue weighted by Gasteiger charge is -2.18. The molecule has 1 aliphatic carbocycles. The monoisotopic (exact) mass is 386 g/mol. The van der Waals surface area contributed by atoms with Crippen LogP contribution in [0.2, 0.25) is 0 Å². The number of hydrazone groups is 1. The lowest BCUT2D eigenvalue weighted by atomic mass is 9.89. The molecule has 6 nitrogen and oxygen atoms in total. The number of aryl methyl sites for hydroxylation is 1. The largest absolute Gasteiger partial charge is 0.463 e. The summed E-state index contributed by atoms with van der Waals surface area (Å²) in [7, 11) is 0. The molecule has 8 heteroatoms. The predicted octanol–water partition coefficient (Wildman–Crippen LogP) is 3.65. The molecule has 1 N–H and O–H groups in total. The fourth-order valence-corrected chi connectivity index (χ4v) is 5.29. The molecule has 0 fully saturated rings. The molecule has 1 amide bonds.